The summed E-state index contributed by atoms with van der Waals surface area (Å²) in [6.07, 6.45) is 0. The first kappa shape index (κ1) is 26.1. The number of para-hydroxylation sites is 2. The van der Waals surface area contributed by atoms with Crippen molar-refractivity contribution in [3.05, 3.63) is 185 Å². The number of rotatable bonds is 3. The third-order valence-electron chi connectivity index (χ3n) is 9.89. The van der Waals surface area contributed by atoms with Crippen LogP contribution in [0.5, 0.6) is 0 Å². The number of hydrogen-bond donors (Lipinski definition) is 0. The van der Waals surface area contributed by atoms with Gasteiger partial charge in [0.2, 0.25) is 0 Å². The zero-order valence-corrected chi connectivity index (χ0v) is 26.3. The van der Waals surface area contributed by atoms with Crippen LogP contribution in [0.4, 0.5) is 0 Å². The molecule has 46 heavy (non-hydrogen) atoms. The van der Waals surface area contributed by atoms with Gasteiger partial charge in [0.15, 0.2) is 0 Å². The smallest absolute Gasteiger partial charge is 0.0735 e. The second-order valence-electron chi connectivity index (χ2n) is 12.1. The fraction of sp³-hybridized carbons (Fsp3) is 0.0233. The average Bonchev–Trinajstić information content (AvgIpc) is 3.76. The summed E-state index contributed by atoms with van der Waals surface area (Å²) < 4.78 is 5.15. The van der Waals surface area contributed by atoms with Gasteiger partial charge in [-0.05, 0) is 64.2 Å². The van der Waals surface area contributed by atoms with Crippen LogP contribution in [0.2, 0.25) is 5.02 Å². The van der Waals surface area contributed by atoms with Crippen molar-refractivity contribution in [3.63, 3.8) is 0 Å². The fourth-order valence-corrected chi connectivity index (χ4v) is 9.66. The molecule has 2 aromatic heterocycles. The molecule has 1 nitrogen and oxygen atoms in total. The molecular formula is C43H26ClNS. The Morgan fingerprint density at radius 3 is 1.89 bits per heavy atom. The van der Waals surface area contributed by atoms with E-state index in [1.165, 1.54) is 75.4 Å². The van der Waals surface area contributed by atoms with Crippen molar-refractivity contribution in [3.8, 4) is 16.8 Å². The first-order valence-corrected chi connectivity index (χ1v) is 16.8. The topological polar surface area (TPSA) is 4.93 Å². The van der Waals surface area contributed by atoms with Crippen LogP contribution in [-0.2, 0) is 5.41 Å². The van der Waals surface area contributed by atoms with Crippen molar-refractivity contribution in [1.82, 2.24) is 4.57 Å². The summed E-state index contributed by atoms with van der Waals surface area (Å²) in [6, 6.07) is 57.3. The van der Waals surface area contributed by atoms with Crippen LogP contribution in [0, 0.1) is 0 Å². The first-order valence-electron chi connectivity index (χ1n) is 15.6. The van der Waals surface area contributed by atoms with E-state index < -0.39 is 5.41 Å². The van der Waals surface area contributed by atoms with Gasteiger partial charge >= 0.3 is 0 Å². The predicted octanol–water partition coefficient (Wildman–Crippen LogP) is 12.2. The standard InChI is InChI=1S/C43H26ClNS/c44-29-24-25-31-34(26-29)43(27-14-4-1-5-15-27,28-16-6-2-7-17-28)40-37(31)38-33-21-11-13-23-36(33)46-42(38)39-32-20-10-12-22-35(32)45(41(39)40)30-18-8-3-9-19-30/h1-26H. The number of thiophene rings is 1. The largest absolute Gasteiger partial charge is 0.309 e. The number of aromatic nitrogens is 1. The van der Waals surface area contributed by atoms with Crippen LogP contribution in [0.3, 0.4) is 0 Å². The quantitative estimate of drug-likeness (QED) is 0.184. The van der Waals surface area contributed by atoms with E-state index in [1.54, 1.807) is 0 Å². The van der Waals surface area contributed by atoms with Gasteiger partial charge in [0.05, 0.1) is 16.4 Å². The van der Waals surface area contributed by atoms with Gasteiger partial charge in [0.25, 0.3) is 0 Å². The minimum absolute atomic E-state index is 0.617. The van der Waals surface area contributed by atoms with Crippen molar-refractivity contribution in [2.24, 2.45) is 0 Å². The number of hydrogen-bond acceptors (Lipinski definition) is 1. The van der Waals surface area contributed by atoms with Gasteiger partial charge in [-0.15, -0.1) is 11.3 Å². The monoisotopic (exact) mass is 623 g/mol. The van der Waals surface area contributed by atoms with E-state index in [0.717, 1.165) is 10.7 Å². The van der Waals surface area contributed by atoms with Crippen LogP contribution >= 0.6 is 22.9 Å². The summed E-state index contributed by atoms with van der Waals surface area (Å²) >= 11 is 8.88. The fourth-order valence-electron chi connectivity index (χ4n) is 8.22. The van der Waals surface area contributed by atoms with Crippen molar-refractivity contribution >= 4 is 64.9 Å². The van der Waals surface area contributed by atoms with Gasteiger partial charge in [-0.1, -0.05) is 133 Å². The molecule has 0 radical (unpaired) electrons. The highest BCUT2D eigenvalue weighted by Crippen LogP contribution is 2.63. The van der Waals surface area contributed by atoms with Crippen molar-refractivity contribution in [2.75, 3.05) is 0 Å². The third-order valence-corrected chi connectivity index (χ3v) is 11.3. The molecular weight excluding hydrogens is 598 g/mol. The maximum Gasteiger partial charge on any atom is 0.0735 e. The molecule has 2 heterocycles. The maximum absolute atomic E-state index is 6.97. The summed E-state index contributed by atoms with van der Waals surface area (Å²) in [4.78, 5) is 0. The van der Waals surface area contributed by atoms with Gasteiger partial charge < -0.3 is 4.57 Å². The molecule has 1 aliphatic rings. The van der Waals surface area contributed by atoms with E-state index in [2.05, 4.69) is 162 Å². The molecule has 0 unspecified atom stereocenters. The van der Waals surface area contributed by atoms with E-state index in [0.29, 0.717) is 0 Å². The Bertz CT molecular complexity index is 2590. The van der Waals surface area contributed by atoms with Crippen LogP contribution in [0.1, 0.15) is 22.3 Å². The summed E-state index contributed by atoms with van der Waals surface area (Å²) in [7, 11) is 0. The molecule has 1 aliphatic carbocycles. The Hall–Kier alpha value is -5.15. The molecule has 0 fully saturated rings. The van der Waals surface area contributed by atoms with Crippen LogP contribution in [0.15, 0.2) is 158 Å². The zero-order chi connectivity index (χ0) is 30.4. The Labute approximate surface area is 275 Å². The number of nitrogens with zero attached hydrogens (tertiary/aromatic N) is 1. The average molecular weight is 624 g/mol. The Balaban J connectivity index is 1.59. The normalized spacial score (nSPS) is 13.5. The SMILES string of the molecule is Clc1ccc2c(c1)C(c1ccccc1)(c1ccccc1)c1c-2c2c3ccccc3sc2c2c3ccccc3n(-c3ccccc3)c12. The highest BCUT2D eigenvalue weighted by molar-refractivity contribution is 7.27. The van der Waals surface area contributed by atoms with Crippen LogP contribution in [-0.4, -0.2) is 4.57 Å². The van der Waals surface area contributed by atoms with E-state index in [-0.39, 0.29) is 0 Å². The van der Waals surface area contributed by atoms with Gasteiger partial charge in [-0.3, -0.25) is 0 Å². The summed E-state index contributed by atoms with van der Waals surface area (Å²) in [5, 5.41) is 5.95. The molecule has 9 aromatic rings. The van der Waals surface area contributed by atoms with Crippen molar-refractivity contribution in [1.29, 1.82) is 0 Å². The van der Waals surface area contributed by atoms with E-state index in [4.69, 9.17) is 11.6 Å². The lowest BCUT2D eigenvalue weighted by molar-refractivity contribution is 0.772. The van der Waals surface area contributed by atoms with E-state index in [9.17, 15) is 0 Å². The van der Waals surface area contributed by atoms with Gasteiger partial charge in [-0.2, -0.15) is 0 Å². The molecule has 0 bridgehead atoms. The summed E-state index contributed by atoms with van der Waals surface area (Å²) in [6.45, 7) is 0. The van der Waals surface area contributed by atoms with Crippen LogP contribution < -0.4 is 0 Å². The Morgan fingerprint density at radius 2 is 1.17 bits per heavy atom. The second-order valence-corrected chi connectivity index (χ2v) is 13.6. The second kappa shape index (κ2) is 9.67. The lowest BCUT2D eigenvalue weighted by Gasteiger charge is -2.35. The highest BCUT2D eigenvalue weighted by Gasteiger charge is 2.49. The van der Waals surface area contributed by atoms with Crippen molar-refractivity contribution in [2.45, 2.75) is 5.41 Å². The molecule has 0 atom stereocenters. The Kier molecular flexibility index (Phi) is 5.49. The molecule has 3 heteroatoms. The number of fused-ring (bicyclic) bond motifs is 12. The number of benzene rings is 7. The maximum atomic E-state index is 6.97. The van der Waals surface area contributed by atoms with E-state index >= 15 is 0 Å². The molecule has 0 spiro atoms. The lowest BCUT2D eigenvalue weighted by atomic mass is 9.67. The summed E-state index contributed by atoms with van der Waals surface area (Å²) in [5.74, 6) is 0. The zero-order valence-electron chi connectivity index (χ0n) is 24.7. The lowest BCUT2D eigenvalue weighted by Crippen LogP contribution is -2.29. The molecule has 216 valence electrons. The minimum atomic E-state index is -0.617. The first-order chi connectivity index (χ1) is 22.8. The molecule has 0 N–H and O–H groups in total. The number of halogens is 1. The molecule has 0 aliphatic heterocycles. The summed E-state index contributed by atoms with van der Waals surface area (Å²) in [5.41, 5.74) is 10.5. The highest BCUT2D eigenvalue weighted by atomic mass is 35.5. The third kappa shape index (κ3) is 3.30. The molecule has 0 saturated heterocycles. The van der Waals surface area contributed by atoms with E-state index in [1.807, 2.05) is 11.3 Å². The Morgan fingerprint density at radius 1 is 0.565 bits per heavy atom. The van der Waals surface area contributed by atoms with Crippen molar-refractivity contribution < 1.29 is 0 Å². The molecule has 0 amide bonds. The molecule has 7 aromatic carbocycles. The predicted molar refractivity (Wildman–Crippen MR) is 196 cm³/mol. The van der Waals surface area contributed by atoms with Gasteiger partial charge in [0.1, 0.15) is 0 Å². The van der Waals surface area contributed by atoms with Gasteiger partial charge in [0, 0.05) is 47.2 Å². The molecule has 10 rings (SSSR count). The van der Waals surface area contributed by atoms with Gasteiger partial charge in [-0.25, -0.2) is 0 Å². The minimum Gasteiger partial charge on any atom is -0.309 e. The molecule has 0 saturated carbocycles. The van der Waals surface area contributed by atoms with Crippen LogP contribution in [0.25, 0.3) is 58.8 Å².